The van der Waals surface area contributed by atoms with Gasteiger partial charge in [0.15, 0.2) is 0 Å². The van der Waals surface area contributed by atoms with Crippen LogP contribution in [0.15, 0.2) is 0 Å². The molecular weight excluding hydrogens is 1290 g/mol. The number of rotatable bonds is 0. The van der Waals surface area contributed by atoms with E-state index in [9.17, 15) is 0 Å². The Bertz CT molecular complexity index is 6.51. The monoisotopic (exact) mass is 1290 g/mol. The molecule has 0 amide bonds. The molecule has 0 unspecified atom stereocenters. The Kier molecular flexibility index (Phi) is 848. The van der Waals surface area contributed by atoms with Crippen LogP contribution in [0.5, 0.6) is 0 Å². The summed E-state index contributed by atoms with van der Waals surface area (Å²) in [6, 6.07) is 0. The maximum absolute atomic E-state index is 1.25. The van der Waals surface area contributed by atoms with Crippen LogP contribution in [0.2, 0.25) is 0 Å². The molecule has 0 bridgehead atoms. The summed E-state index contributed by atoms with van der Waals surface area (Å²) in [5.41, 5.74) is 0. The molecule has 0 radical (unpaired) electrons. The molecule has 0 aliphatic carbocycles. The van der Waals surface area contributed by atoms with Gasteiger partial charge in [-0.15, -0.1) is 0 Å². The summed E-state index contributed by atoms with van der Waals surface area (Å²) >= 11 is 40.0. The Balaban J connectivity index is -0.00000000500. The van der Waals surface area contributed by atoms with Crippen LogP contribution in [0.3, 0.4) is 0 Å². The molecule has 0 rings (SSSR count). The van der Waals surface area contributed by atoms with Crippen molar-refractivity contribution in [1.29, 1.82) is 0 Å². The van der Waals surface area contributed by atoms with Crippen LogP contribution >= 0.6 is 0 Å². The number of hydrogen-bond acceptors (Lipinski definition) is 0. The van der Waals surface area contributed by atoms with Gasteiger partial charge in [-0.2, -0.15) is 0 Å². The molecule has 34 valence electrons. The van der Waals surface area contributed by atoms with E-state index >= 15 is 0 Å². The molecule has 0 aromatic heterocycles. The molecule has 0 fully saturated rings. The van der Waals surface area contributed by atoms with Crippen molar-refractivity contribution in [2.75, 3.05) is 0 Å². The second-order valence-electron chi connectivity index (χ2n) is 0. The zero-order valence-electron chi connectivity index (χ0n) is 34.0. The SMILES string of the molecule is [H-].[K+].[K][K].[K][K].[K][K].[K][K].[K][K].[K][K].[K][K].[K][K].[K][K].[K][K].[K][K].[K][K].[K][K].[K][K].[K][K].[K][K]. The van der Waals surface area contributed by atoms with Crippen molar-refractivity contribution in [2.24, 2.45) is 0 Å². The first-order valence-electron chi connectivity index (χ1n) is 16.0. The van der Waals surface area contributed by atoms with Crippen LogP contribution in [-0.4, -0.2) is 1010 Å². The molecule has 33 heteroatoms. The fourth-order valence-corrected chi connectivity index (χ4v) is 0. The fourth-order valence-electron chi connectivity index (χ4n) is 0. The molecule has 0 heterocycles. The van der Waals surface area contributed by atoms with Gasteiger partial charge in [-0.1, -0.05) is 0 Å². The average molecular weight is 1290 g/mol. The summed E-state index contributed by atoms with van der Waals surface area (Å²) in [6.07, 6.45) is 0. The Labute approximate surface area is 983 Å². The van der Waals surface area contributed by atoms with Gasteiger partial charge in [-0.25, -0.2) is 0 Å². The van der Waals surface area contributed by atoms with Crippen LogP contribution in [0.25, 0.3) is 0 Å². The second kappa shape index (κ2) is 213. The molecular formula is HK33. The molecule has 0 aliphatic rings. The Morgan fingerprint density at radius 1 is 0.121 bits per heavy atom. The van der Waals surface area contributed by atoms with E-state index in [1.165, 1.54) is 1010 Å². The van der Waals surface area contributed by atoms with E-state index in [2.05, 4.69) is 0 Å². The van der Waals surface area contributed by atoms with Crippen LogP contribution in [0, 0.1) is 0 Å². The average Bonchev–Trinajstić information content (AvgIpc) is 3.05. The van der Waals surface area contributed by atoms with Crippen molar-refractivity contribution in [2.45, 2.75) is 0 Å². The molecule has 0 aliphatic heterocycles. The van der Waals surface area contributed by atoms with E-state index in [1.54, 1.807) is 0 Å². The van der Waals surface area contributed by atoms with Gasteiger partial charge >= 0.3 is 1060 Å². The zero-order valence-corrected chi connectivity index (χ0v) is 136. The molecule has 0 aromatic rings. The Morgan fingerprint density at radius 2 is 0.121 bits per heavy atom. The summed E-state index contributed by atoms with van der Waals surface area (Å²) in [4.78, 5) is 0. The van der Waals surface area contributed by atoms with E-state index in [4.69, 9.17) is 0 Å². The fraction of sp³-hybridized carbons (Fsp3) is 0. The predicted octanol–water partition coefficient (Wildman–Crippen LogP) is -15.1. The second-order valence-corrected chi connectivity index (χ2v) is 0. The van der Waals surface area contributed by atoms with Gasteiger partial charge in [0.2, 0.25) is 0 Å². The van der Waals surface area contributed by atoms with Gasteiger partial charge in [0.25, 0.3) is 0 Å². The van der Waals surface area contributed by atoms with Crippen LogP contribution in [0.1, 0.15) is 1.43 Å². The molecule has 0 saturated carbocycles. The summed E-state index contributed by atoms with van der Waals surface area (Å²) in [6.45, 7) is 0. The van der Waals surface area contributed by atoms with Gasteiger partial charge in [0, 0.05) is 0 Å². The quantitative estimate of drug-likeness (QED) is 0.212. The third-order valence-electron chi connectivity index (χ3n) is 0. The number of hydrogen-bond donors (Lipinski definition) is 0. The van der Waals surface area contributed by atoms with Crippen LogP contribution in [0.4, 0.5) is 0 Å². The van der Waals surface area contributed by atoms with Crippen molar-refractivity contribution in [3.63, 3.8) is 0 Å². The zero-order chi connectivity index (χ0) is 32.0. The first-order valence-corrected chi connectivity index (χ1v) is 272. The molecule has 0 nitrogen and oxygen atoms in total. The summed E-state index contributed by atoms with van der Waals surface area (Å²) in [5.74, 6) is 0. The third-order valence-corrected chi connectivity index (χ3v) is 0. The molecule has 0 atom stereocenters. The topological polar surface area (TPSA) is 0 Å². The molecule has 33 heavy (non-hydrogen) atoms. The van der Waals surface area contributed by atoms with E-state index in [0.717, 1.165) is 0 Å². The van der Waals surface area contributed by atoms with E-state index in [0.29, 0.717) is 0 Å². The van der Waals surface area contributed by atoms with Crippen LogP contribution in [-0.2, 0) is 0 Å². The van der Waals surface area contributed by atoms with Crippen molar-refractivity contribution < 1.29 is 52.8 Å². The third kappa shape index (κ3) is 208. The minimum atomic E-state index is 0. The summed E-state index contributed by atoms with van der Waals surface area (Å²) in [7, 11) is 0. The minimum absolute atomic E-state index is 0. The van der Waals surface area contributed by atoms with Crippen molar-refractivity contribution in [1.82, 2.24) is 0 Å². The Morgan fingerprint density at radius 3 is 0.121 bits per heavy atom. The van der Waals surface area contributed by atoms with Gasteiger partial charge in [-0.3, -0.25) is 0 Å². The molecule has 0 aromatic carbocycles. The maximum atomic E-state index is 1.25. The van der Waals surface area contributed by atoms with Crippen LogP contribution < -0.4 is 51.4 Å². The van der Waals surface area contributed by atoms with Gasteiger partial charge in [-0.05, 0) is 0 Å². The van der Waals surface area contributed by atoms with Crippen molar-refractivity contribution in [3.8, 4) is 0 Å². The van der Waals surface area contributed by atoms with Crippen molar-refractivity contribution >= 4 is 1010 Å². The Hall–Kier alpha value is 54.0. The van der Waals surface area contributed by atoms with E-state index in [1.807, 2.05) is 0 Å². The summed E-state index contributed by atoms with van der Waals surface area (Å²) < 4.78 is 0. The van der Waals surface area contributed by atoms with Gasteiger partial charge < -0.3 is 1.43 Å². The standard InChI is InChI=1S/33K.H/q;;;;;;;;;;;;;;;;;;;;;;;;;;;;;;;;+1;-1. The van der Waals surface area contributed by atoms with Gasteiger partial charge in [0.05, 0.1) is 0 Å². The summed E-state index contributed by atoms with van der Waals surface area (Å²) in [5, 5.41) is 0. The first-order chi connectivity index (χ1) is 16.0. The predicted molar refractivity (Wildman–Crippen MR) is 185 cm³/mol. The normalized spacial score (nSPS) is 3.88. The molecule has 0 spiro atoms. The van der Waals surface area contributed by atoms with Crippen molar-refractivity contribution in [3.05, 3.63) is 0 Å². The van der Waals surface area contributed by atoms with E-state index < -0.39 is 0 Å². The molecule has 0 N–H and O–H groups in total. The van der Waals surface area contributed by atoms with E-state index in [-0.39, 0.29) is 52.8 Å². The molecule has 0 saturated heterocycles. The van der Waals surface area contributed by atoms with Gasteiger partial charge in [0.1, 0.15) is 0 Å². The first kappa shape index (κ1) is 131.